The third kappa shape index (κ3) is 8.61. The summed E-state index contributed by atoms with van der Waals surface area (Å²) in [6.45, 7) is 9.29. The second kappa shape index (κ2) is 12.9. The van der Waals surface area contributed by atoms with Crippen LogP contribution in [0.1, 0.15) is 81.2 Å². The van der Waals surface area contributed by atoms with Crippen molar-refractivity contribution in [2.75, 3.05) is 7.05 Å². The van der Waals surface area contributed by atoms with Crippen LogP contribution in [-0.4, -0.2) is 47.5 Å². The Morgan fingerprint density at radius 1 is 0.974 bits per heavy atom. The smallest absolute Gasteiger partial charge is 0.408 e. The number of nitrogens with zero attached hydrogens (tertiary/aromatic N) is 1. The van der Waals surface area contributed by atoms with Crippen LogP contribution in [-0.2, 0) is 20.7 Å². The SMILES string of the molecule is Cc1cc(C)cc(C(C(=O)NC2CCCCC2)N(C)C(=O)C(Cc2ccccc2)NC(=O)OC(C)(C)C)c1. The van der Waals surface area contributed by atoms with Gasteiger partial charge in [0.05, 0.1) is 0 Å². The van der Waals surface area contributed by atoms with Crippen LogP contribution in [0.2, 0.25) is 0 Å². The molecule has 0 saturated heterocycles. The number of benzene rings is 2. The van der Waals surface area contributed by atoms with E-state index in [0.717, 1.165) is 47.9 Å². The van der Waals surface area contributed by atoms with E-state index in [1.807, 2.05) is 62.4 Å². The maximum Gasteiger partial charge on any atom is 0.408 e. The van der Waals surface area contributed by atoms with Crippen molar-refractivity contribution < 1.29 is 19.1 Å². The molecule has 2 atom stereocenters. The van der Waals surface area contributed by atoms with E-state index in [4.69, 9.17) is 4.74 Å². The van der Waals surface area contributed by atoms with Gasteiger partial charge in [0.15, 0.2) is 0 Å². The van der Waals surface area contributed by atoms with E-state index in [-0.39, 0.29) is 24.3 Å². The fourth-order valence-electron chi connectivity index (χ4n) is 5.12. The number of hydrogen-bond donors (Lipinski definition) is 2. The lowest BCUT2D eigenvalue weighted by molar-refractivity contribution is -0.141. The molecule has 0 spiro atoms. The molecule has 7 nitrogen and oxygen atoms in total. The minimum absolute atomic E-state index is 0.105. The molecule has 7 heteroatoms. The summed E-state index contributed by atoms with van der Waals surface area (Å²) in [5.74, 6) is -0.559. The number of carbonyl (C=O) groups is 3. The topological polar surface area (TPSA) is 87.7 Å². The molecule has 3 amide bonds. The lowest BCUT2D eigenvalue weighted by Gasteiger charge is -2.33. The number of alkyl carbamates (subject to hydrolysis) is 1. The van der Waals surface area contributed by atoms with Crippen molar-refractivity contribution in [3.8, 4) is 0 Å². The van der Waals surface area contributed by atoms with Crippen LogP contribution in [0.5, 0.6) is 0 Å². The van der Waals surface area contributed by atoms with Crippen molar-refractivity contribution in [1.29, 1.82) is 0 Å². The van der Waals surface area contributed by atoms with Gasteiger partial charge in [0.2, 0.25) is 11.8 Å². The summed E-state index contributed by atoms with van der Waals surface area (Å²) in [6.07, 6.45) is 4.85. The highest BCUT2D eigenvalue weighted by molar-refractivity contribution is 5.92. The van der Waals surface area contributed by atoms with Crippen molar-refractivity contribution in [2.45, 2.75) is 96.9 Å². The largest absolute Gasteiger partial charge is 0.444 e. The molecule has 1 aliphatic carbocycles. The molecule has 0 aliphatic heterocycles. The molecule has 0 heterocycles. The van der Waals surface area contributed by atoms with E-state index >= 15 is 0 Å². The molecule has 2 aromatic rings. The highest BCUT2D eigenvalue weighted by Gasteiger charge is 2.35. The molecule has 2 aromatic carbocycles. The van der Waals surface area contributed by atoms with E-state index in [2.05, 4.69) is 10.6 Å². The predicted octanol–water partition coefficient (Wildman–Crippen LogP) is 5.39. The fourth-order valence-corrected chi connectivity index (χ4v) is 5.12. The summed E-state index contributed by atoms with van der Waals surface area (Å²) in [7, 11) is 1.64. The predicted molar refractivity (Wildman–Crippen MR) is 150 cm³/mol. The van der Waals surface area contributed by atoms with E-state index in [9.17, 15) is 14.4 Å². The number of carbonyl (C=O) groups excluding carboxylic acids is 3. The summed E-state index contributed by atoms with van der Waals surface area (Å²) < 4.78 is 5.46. The third-order valence-electron chi connectivity index (χ3n) is 6.77. The summed E-state index contributed by atoms with van der Waals surface area (Å²) in [6, 6.07) is 13.8. The highest BCUT2D eigenvalue weighted by Crippen LogP contribution is 2.26. The van der Waals surface area contributed by atoms with Gasteiger partial charge < -0.3 is 20.3 Å². The molecular weight excluding hydrogens is 478 g/mol. The molecule has 1 aliphatic rings. The van der Waals surface area contributed by atoms with E-state index < -0.39 is 23.8 Å². The zero-order valence-corrected chi connectivity index (χ0v) is 23.7. The van der Waals surface area contributed by atoms with Crippen LogP contribution in [0.4, 0.5) is 4.79 Å². The van der Waals surface area contributed by atoms with Gasteiger partial charge in [-0.2, -0.15) is 0 Å². The minimum atomic E-state index is -0.909. The standard InChI is InChI=1S/C31H43N3O4/c1-21-17-22(2)19-24(18-21)27(28(35)32-25-15-11-8-12-16-25)34(6)29(36)26(20-23-13-9-7-10-14-23)33-30(37)38-31(3,4)5/h7,9-10,13-14,17-19,25-27H,8,11-12,15-16,20H2,1-6H3,(H,32,35)(H,33,37). The first-order valence-electron chi connectivity index (χ1n) is 13.6. The molecule has 206 valence electrons. The average molecular weight is 522 g/mol. The van der Waals surface area contributed by atoms with Crippen molar-refractivity contribution in [1.82, 2.24) is 15.5 Å². The molecular formula is C31H43N3O4. The van der Waals surface area contributed by atoms with Gasteiger partial charge in [-0.3, -0.25) is 9.59 Å². The van der Waals surface area contributed by atoms with Crippen LogP contribution >= 0.6 is 0 Å². The van der Waals surface area contributed by atoms with Crippen molar-refractivity contribution in [3.63, 3.8) is 0 Å². The number of rotatable bonds is 8. The summed E-state index contributed by atoms with van der Waals surface area (Å²) in [5, 5.41) is 5.98. The zero-order valence-electron chi connectivity index (χ0n) is 23.7. The quantitative estimate of drug-likeness (QED) is 0.488. The fraction of sp³-hybridized carbons (Fsp3) is 0.516. The van der Waals surface area contributed by atoms with E-state index in [1.165, 1.54) is 11.3 Å². The summed E-state index contributed by atoms with van der Waals surface area (Å²) >= 11 is 0. The molecule has 0 bridgehead atoms. The summed E-state index contributed by atoms with van der Waals surface area (Å²) in [4.78, 5) is 42.0. The Hall–Kier alpha value is -3.35. The van der Waals surface area contributed by atoms with Crippen molar-refractivity contribution >= 4 is 17.9 Å². The second-order valence-corrected chi connectivity index (χ2v) is 11.5. The molecule has 1 fully saturated rings. The van der Waals surface area contributed by atoms with E-state index in [1.54, 1.807) is 27.8 Å². The maximum absolute atomic E-state index is 14.0. The Labute approximate surface area is 227 Å². The van der Waals surface area contributed by atoms with Gasteiger partial charge in [-0.15, -0.1) is 0 Å². The van der Waals surface area contributed by atoms with E-state index in [0.29, 0.717) is 0 Å². The van der Waals surface area contributed by atoms with Gasteiger partial charge in [-0.1, -0.05) is 78.9 Å². The number of ether oxygens (including phenoxy) is 1. The first-order valence-corrected chi connectivity index (χ1v) is 13.6. The molecule has 2 N–H and O–H groups in total. The van der Waals surface area contributed by atoms with Crippen molar-refractivity contribution in [2.24, 2.45) is 0 Å². The highest BCUT2D eigenvalue weighted by atomic mass is 16.6. The Balaban J connectivity index is 1.92. The van der Waals surface area contributed by atoms with Crippen LogP contribution in [0.25, 0.3) is 0 Å². The average Bonchev–Trinajstić information content (AvgIpc) is 2.83. The lowest BCUT2D eigenvalue weighted by atomic mass is 9.94. The Kier molecular flexibility index (Phi) is 9.95. The Morgan fingerprint density at radius 3 is 2.16 bits per heavy atom. The molecule has 0 radical (unpaired) electrons. The minimum Gasteiger partial charge on any atom is -0.444 e. The van der Waals surface area contributed by atoms with Gasteiger partial charge in [0.25, 0.3) is 0 Å². The number of nitrogens with one attached hydrogen (secondary N) is 2. The van der Waals surface area contributed by atoms with Crippen LogP contribution in [0.15, 0.2) is 48.5 Å². The zero-order chi connectivity index (χ0) is 27.9. The van der Waals surface area contributed by atoms with Gasteiger partial charge in [-0.25, -0.2) is 4.79 Å². The number of aryl methyl sites for hydroxylation is 2. The molecule has 2 unspecified atom stereocenters. The normalized spacial score (nSPS) is 15.7. The number of hydrogen-bond acceptors (Lipinski definition) is 4. The monoisotopic (exact) mass is 521 g/mol. The Bertz CT molecular complexity index is 1080. The molecule has 1 saturated carbocycles. The van der Waals surface area contributed by atoms with Crippen LogP contribution in [0, 0.1) is 13.8 Å². The van der Waals surface area contributed by atoms with Gasteiger partial charge in [-0.05, 0) is 58.6 Å². The number of likely N-dealkylation sites (N-methyl/N-ethyl adjacent to an activating group) is 1. The molecule has 3 rings (SSSR count). The number of amides is 3. The van der Waals surface area contributed by atoms with Crippen molar-refractivity contribution in [3.05, 3.63) is 70.8 Å². The molecule has 0 aromatic heterocycles. The van der Waals surface area contributed by atoms with Crippen LogP contribution in [0.3, 0.4) is 0 Å². The van der Waals surface area contributed by atoms with Crippen LogP contribution < -0.4 is 10.6 Å². The van der Waals surface area contributed by atoms with Gasteiger partial charge in [0.1, 0.15) is 17.7 Å². The van der Waals surface area contributed by atoms with Gasteiger partial charge >= 0.3 is 6.09 Å². The second-order valence-electron chi connectivity index (χ2n) is 11.5. The molecule has 38 heavy (non-hydrogen) atoms. The third-order valence-corrected chi connectivity index (χ3v) is 6.77. The summed E-state index contributed by atoms with van der Waals surface area (Å²) in [5.41, 5.74) is 2.97. The Morgan fingerprint density at radius 2 is 1.58 bits per heavy atom. The first kappa shape index (κ1) is 29.2. The maximum atomic E-state index is 14.0. The van der Waals surface area contributed by atoms with Gasteiger partial charge in [0, 0.05) is 19.5 Å². The lowest BCUT2D eigenvalue weighted by Crippen LogP contribution is -2.53. The first-order chi connectivity index (χ1) is 17.9.